The summed E-state index contributed by atoms with van der Waals surface area (Å²) < 4.78 is 6.85. The summed E-state index contributed by atoms with van der Waals surface area (Å²) in [6.45, 7) is 1.56. The number of aromatic nitrogens is 2. The van der Waals surface area contributed by atoms with Gasteiger partial charge < -0.3 is 15.4 Å². The number of para-hydroxylation sites is 1. The van der Waals surface area contributed by atoms with Gasteiger partial charge in [-0.3, -0.25) is 9.59 Å². The van der Waals surface area contributed by atoms with Gasteiger partial charge in [0.15, 0.2) is 6.61 Å². The zero-order chi connectivity index (χ0) is 26.2. The molecule has 0 aliphatic carbocycles. The summed E-state index contributed by atoms with van der Waals surface area (Å²) in [5.41, 5.74) is 5.33. The van der Waals surface area contributed by atoms with Crippen molar-refractivity contribution in [3.8, 4) is 16.9 Å². The summed E-state index contributed by atoms with van der Waals surface area (Å²) in [5.74, 6) is -1.38. The van der Waals surface area contributed by atoms with E-state index in [1.54, 1.807) is 42.1 Å². The number of nitrogens with one attached hydrogen (secondary N) is 2. The van der Waals surface area contributed by atoms with Gasteiger partial charge in [-0.2, -0.15) is 5.10 Å². The molecule has 0 fully saturated rings. The highest BCUT2D eigenvalue weighted by Crippen LogP contribution is 2.25. The van der Waals surface area contributed by atoms with Crippen LogP contribution in [0.2, 0.25) is 0 Å². The van der Waals surface area contributed by atoms with Crippen LogP contribution in [-0.2, 0) is 14.3 Å². The minimum Gasteiger partial charge on any atom is -0.452 e. The topological polar surface area (TPSA) is 102 Å². The first-order chi connectivity index (χ1) is 17.9. The molecule has 2 N–H and O–H groups in total. The Labute approximate surface area is 214 Å². The zero-order valence-electron chi connectivity index (χ0n) is 20.5. The lowest BCUT2D eigenvalue weighted by atomic mass is 10.1. The Hall–Kier alpha value is -4.98. The van der Waals surface area contributed by atoms with Crippen LogP contribution in [-0.4, -0.2) is 41.2 Å². The molecule has 8 heteroatoms. The summed E-state index contributed by atoms with van der Waals surface area (Å²) in [4.78, 5) is 36.1. The summed E-state index contributed by atoms with van der Waals surface area (Å²) in [7, 11) is 1.54. The van der Waals surface area contributed by atoms with Crippen LogP contribution in [0.1, 0.15) is 21.5 Å². The fraction of sp³-hybridized carbons (Fsp3) is 0.103. The van der Waals surface area contributed by atoms with Gasteiger partial charge in [0.2, 0.25) is 0 Å². The summed E-state index contributed by atoms with van der Waals surface area (Å²) >= 11 is 0. The van der Waals surface area contributed by atoms with Gasteiger partial charge in [-0.15, -0.1) is 0 Å². The number of nitrogens with zero attached hydrogens (tertiary/aromatic N) is 2. The second kappa shape index (κ2) is 11.6. The predicted octanol–water partition coefficient (Wildman–Crippen LogP) is 4.40. The van der Waals surface area contributed by atoms with Gasteiger partial charge in [-0.05, 0) is 49.4 Å². The van der Waals surface area contributed by atoms with E-state index in [2.05, 4.69) is 10.6 Å². The van der Waals surface area contributed by atoms with Crippen molar-refractivity contribution in [1.82, 2.24) is 15.1 Å². The molecule has 0 aliphatic heterocycles. The van der Waals surface area contributed by atoms with Crippen LogP contribution < -0.4 is 10.6 Å². The molecule has 8 nitrogen and oxygen atoms in total. The number of benzene rings is 3. The molecule has 0 spiro atoms. The highest BCUT2D eigenvalue weighted by atomic mass is 16.5. The first-order valence-corrected chi connectivity index (χ1v) is 11.6. The van der Waals surface area contributed by atoms with Crippen molar-refractivity contribution in [2.24, 2.45) is 0 Å². The van der Waals surface area contributed by atoms with Crippen LogP contribution >= 0.6 is 0 Å². The summed E-state index contributed by atoms with van der Waals surface area (Å²) in [5, 5.41) is 9.88. The molecule has 186 valence electrons. The van der Waals surface area contributed by atoms with Crippen LogP contribution in [0.3, 0.4) is 0 Å². The van der Waals surface area contributed by atoms with Crippen molar-refractivity contribution in [2.45, 2.75) is 6.92 Å². The molecule has 4 rings (SSSR count). The van der Waals surface area contributed by atoms with Crippen molar-refractivity contribution in [1.29, 1.82) is 0 Å². The van der Waals surface area contributed by atoms with Crippen molar-refractivity contribution in [3.05, 3.63) is 108 Å². The molecule has 0 saturated heterocycles. The number of aryl methyl sites for hydroxylation is 1. The molecule has 4 aromatic rings. The van der Waals surface area contributed by atoms with E-state index in [0.29, 0.717) is 16.9 Å². The number of esters is 1. The monoisotopic (exact) mass is 494 g/mol. The van der Waals surface area contributed by atoms with Crippen LogP contribution in [0.15, 0.2) is 91.1 Å². The Morgan fingerprint density at radius 2 is 1.65 bits per heavy atom. The van der Waals surface area contributed by atoms with Crippen molar-refractivity contribution in [2.75, 3.05) is 19.0 Å². The molecule has 37 heavy (non-hydrogen) atoms. The fourth-order valence-corrected chi connectivity index (χ4v) is 3.55. The number of carbonyl (C=O) groups is 3. The Bertz CT molecular complexity index is 1420. The van der Waals surface area contributed by atoms with Gasteiger partial charge in [-0.1, -0.05) is 48.0 Å². The Morgan fingerprint density at radius 3 is 2.32 bits per heavy atom. The molecule has 3 aromatic carbocycles. The van der Waals surface area contributed by atoms with Crippen LogP contribution in [0, 0.1) is 6.92 Å². The maximum absolute atomic E-state index is 12.3. The number of ether oxygens (including phenoxy) is 1. The standard InChI is InChI=1S/C29H26N4O4/c1-20-8-10-21(11-9-20)28-23(18-33(32-28)25-6-4-3-5-7-25)14-17-27(35)37-19-26(34)31-24-15-12-22(13-16-24)29(36)30-2/h3-18H,19H2,1-2H3,(H,30,36)(H,31,34)/b17-14+. The van der Waals surface area contributed by atoms with Crippen molar-refractivity contribution < 1.29 is 19.1 Å². The van der Waals surface area contributed by atoms with E-state index in [9.17, 15) is 14.4 Å². The molecule has 0 atom stereocenters. The SMILES string of the molecule is CNC(=O)c1ccc(NC(=O)COC(=O)/C=C/c2cn(-c3ccccc3)nc2-c2ccc(C)cc2)cc1. The predicted molar refractivity (Wildman–Crippen MR) is 142 cm³/mol. The maximum atomic E-state index is 12.3. The number of carbonyl (C=O) groups excluding carboxylic acids is 3. The third-order valence-electron chi connectivity index (χ3n) is 5.49. The van der Waals surface area contributed by atoms with E-state index in [1.165, 1.54) is 6.08 Å². The van der Waals surface area contributed by atoms with Gasteiger partial charge >= 0.3 is 5.97 Å². The van der Waals surface area contributed by atoms with E-state index < -0.39 is 18.5 Å². The van der Waals surface area contributed by atoms with E-state index in [4.69, 9.17) is 9.84 Å². The largest absolute Gasteiger partial charge is 0.452 e. The van der Waals surface area contributed by atoms with Gasteiger partial charge in [-0.25, -0.2) is 9.48 Å². The van der Waals surface area contributed by atoms with Gasteiger partial charge in [0.05, 0.1) is 11.4 Å². The molecule has 0 radical (unpaired) electrons. The molecule has 2 amide bonds. The third kappa shape index (κ3) is 6.58. The smallest absolute Gasteiger partial charge is 0.331 e. The highest BCUT2D eigenvalue weighted by molar-refractivity contribution is 5.97. The number of hydrogen-bond acceptors (Lipinski definition) is 5. The van der Waals surface area contributed by atoms with Crippen LogP contribution in [0.5, 0.6) is 0 Å². The minimum absolute atomic E-state index is 0.224. The van der Waals surface area contributed by atoms with Crippen LogP contribution in [0.4, 0.5) is 5.69 Å². The first-order valence-electron chi connectivity index (χ1n) is 11.6. The zero-order valence-corrected chi connectivity index (χ0v) is 20.5. The Balaban J connectivity index is 1.42. The van der Waals surface area contributed by atoms with E-state index in [-0.39, 0.29) is 5.91 Å². The van der Waals surface area contributed by atoms with E-state index >= 15 is 0 Å². The van der Waals surface area contributed by atoms with Crippen molar-refractivity contribution >= 4 is 29.5 Å². The summed E-state index contributed by atoms with van der Waals surface area (Å²) in [6, 6.07) is 24.0. The highest BCUT2D eigenvalue weighted by Gasteiger charge is 2.12. The number of rotatable bonds is 8. The molecule has 1 aromatic heterocycles. The molecular weight excluding hydrogens is 468 g/mol. The quantitative estimate of drug-likeness (QED) is 0.279. The number of amides is 2. The fourth-order valence-electron chi connectivity index (χ4n) is 3.55. The molecule has 0 aliphatic rings. The first kappa shape index (κ1) is 25.1. The molecule has 0 saturated carbocycles. The van der Waals surface area contributed by atoms with Gasteiger partial charge in [0.25, 0.3) is 11.8 Å². The van der Waals surface area contributed by atoms with Crippen LogP contribution in [0.25, 0.3) is 23.0 Å². The lowest BCUT2D eigenvalue weighted by Gasteiger charge is -2.06. The third-order valence-corrected chi connectivity index (χ3v) is 5.49. The number of hydrogen-bond donors (Lipinski definition) is 2. The molecule has 0 bridgehead atoms. The Kier molecular flexibility index (Phi) is 7.90. The average molecular weight is 495 g/mol. The normalized spacial score (nSPS) is 10.8. The molecule has 0 unspecified atom stereocenters. The molecular formula is C29H26N4O4. The summed E-state index contributed by atoms with van der Waals surface area (Å²) in [6.07, 6.45) is 4.73. The average Bonchev–Trinajstić information content (AvgIpc) is 3.36. The lowest BCUT2D eigenvalue weighted by Crippen LogP contribution is -2.20. The maximum Gasteiger partial charge on any atom is 0.331 e. The van der Waals surface area contributed by atoms with Gasteiger partial charge in [0, 0.05) is 41.7 Å². The van der Waals surface area contributed by atoms with Crippen molar-refractivity contribution in [3.63, 3.8) is 0 Å². The second-order valence-corrected chi connectivity index (χ2v) is 8.22. The second-order valence-electron chi connectivity index (χ2n) is 8.22. The Morgan fingerprint density at radius 1 is 0.946 bits per heavy atom. The van der Waals surface area contributed by atoms with Gasteiger partial charge in [0.1, 0.15) is 0 Å². The number of anilines is 1. The minimum atomic E-state index is -0.660. The lowest BCUT2D eigenvalue weighted by molar-refractivity contribution is -0.142. The molecule has 1 heterocycles. The van der Waals surface area contributed by atoms with E-state index in [1.807, 2.05) is 67.7 Å². The van der Waals surface area contributed by atoms with E-state index in [0.717, 1.165) is 22.4 Å².